The van der Waals surface area contributed by atoms with Crippen LogP contribution < -0.4 is 15.5 Å². The maximum Gasteiger partial charge on any atom is 0.257 e. The van der Waals surface area contributed by atoms with Gasteiger partial charge in [0.25, 0.3) is 5.91 Å². The van der Waals surface area contributed by atoms with E-state index in [-0.39, 0.29) is 120 Å². The Morgan fingerprint density at radius 1 is 1.16 bits per heavy atom. The summed E-state index contributed by atoms with van der Waals surface area (Å²) in [7, 11) is 1.83. The Morgan fingerprint density at radius 2 is 1.84 bits per heavy atom. The molecule has 2 atom stereocenters. The average Bonchev–Trinajstić information content (AvgIpc) is 3.09. The molecule has 4 rings (SSSR count). The van der Waals surface area contributed by atoms with Gasteiger partial charge < -0.3 is 19.5 Å². The first-order chi connectivity index (χ1) is 19.6. The second-order valence-corrected chi connectivity index (χ2v) is 9.96. The Bertz CT molecular complexity index is 1420. The van der Waals surface area contributed by atoms with Gasteiger partial charge in [-0.1, -0.05) is 50.2 Å². The quantitative estimate of drug-likeness (QED) is 0.304. The number of likely N-dealkylation sites (N-methyl/N-ethyl adjacent to an activating group) is 1. The maximum atomic E-state index is 16.0. The van der Waals surface area contributed by atoms with E-state index >= 15 is 4.39 Å². The monoisotopic (exact) mass is 1030 g/mol. The maximum absolute atomic E-state index is 16.0. The van der Waals surface area contributed by atoms with Crippen molar-refractivity contribution in [1.29, 1.82) is 0 Å². The molecule has 0 aliphatic carbocycles. The zero-order valence-corrected chi connectivity index (χ0v) is 35.7. The average molecular weight is 1030 g/mol. The molecule has 2 unspecified atom stereocenters. The van der Waals surface area contributed by atoms with Crippen LogP contribution in [0.5, 0.6) is 5.75 Å². The van der Waals surface area contributed by atoms with Gasteiger partial charge in [0.15, 0.2) is 12.0 Å². The number of carbonyl (C=O) groups is 2. The van der Waals surface area contributed by atoms with Gasteiger partial charge in [0.2, 0.25) is 5.43 Å². The van der Waals surface area contributed by atoms with Crippen LogP contribution in [0, 0.1) is 88.9 Å². The van der Waals surface area contributed by atoms with E-state index in [1.165, 1.54) is 23.8 Å². The van der Waals surface area contributed by atoms with Gasteiger partial charge in [-0.3, -0.25) is 14.4 Å². The molecule has 3 radical (unpaired) electrons. The molecule has 1 aliphatic heterocycles. The van der Waals surface area contributed by atoms with Crippen LogP contribution in [-0.2, 0) is 13.2 Å². The van der Waals surface area contributed by atoms with Crippen molar-refractivity contribution in [2.75, 3.05) is 20.1 Å². The summed E-state index contributed by atoms with van der Waals surface area (Å²) in [6.07, 6.45) is 2.39. The first kappa shape index (κ1) is 39.7. The first-order valence-corrected chi connectivity index (χ1v) is 13.6. The van der Waals surface area contributed by atoms with Gasteiger partial charge in [-0.15, -0.1) is 0 Å². The smallest absolute Gasteiger partial charge is 0.257 e. The number of nitrogens with one attached hydrogen (secondary N) is 1. The van der Waals surface area contributed by atoms with Crippen LogP contribution in [0.2, 0.25) is 0 Å². The van der Waals surface area contributed by atoms with Gasteiger partial charge in [-0.2, -0.15) is 0 Å². The number of rotatable bonds is 8. The number of pyridine rings is 1. The van der Waals surface area contributed by atoms with Crippen molar-refractivity contribution in [1.82, 2.24) is 14.8 Å². The van der Waals surface area contributed by atoms with E-state index < -0.39 is 40.2 Å². The standard InChI is InChI=1S/C29H30F3N3O4.C2H6.Pa.Ra/c1-29(32)11-6-12-34(2)16-25(29)35-15-22(28(38)33-14-20-9-10-21(30)13-23(20)31)26(37)27(24(35)17-36)39-18-19-7-4-3-5-8-19;1-2;;/h3-5,7-10,13,15,17,25H,6,11-12,14,16,18H2,1-2H3,(H,33,38);1-2H3;;. The number of nitrogens with zero attached hydrogens (tertiary/aromatic N) is 2. The minimum Gasteiger partial charge on any atom is -0.483 e. The Hall–Kier alpha value is -1.36. The molecule has 1 fully saturated rings. The number of halogens is 3. The molecule has 12 heteroatoms. The number of benzene rings is 2. The molecule has 7 nitrogen and oxygen atoms in total. The number of amides is 1. The SMILES string of the molecule is CC.CN1CCCC(C)(F)C(n2cc(C(=O)NCc3ccc(F)cc3F)c(=O)c(OCc3ccccc3)c2C=O)C1.[Pa].[Ra]. The van der Waals surface area contributed by atoms with Crippen LogP contribution in [0.15, 0.2) is 59.5 Å². The van der Waals surface area contributed by atoms with E-state index in [0.717, 1.165) is 6.07 Å². The van der Waals surface area contributed by atoms with Crippen LogP contribution in [0.1, 0.15) is 71.6 Å². The second kappa shape index (κ2) is 18.6. The molecule has 2 aromatic carbocycles. The van der Waals surface area contributed by atoms with Crippen LogP contribution >= 0.6 is 0 Å². The van der Waals surface area contributed by atoms with Crippen molar-refractivity contribution in [2.45, 2.75) is 58.5 Å². The minimum atomic E-state index is -1.76. The van der Waals surface area contributed by atoms with E-state index in [2.05, 4.69) is 5.32 Å². The normalized spacial score (nSPS) is 18.1. The number of likely N-dealkylation sites (tertiary alicyclic amines) is 1. The van der Waals surface area contributed by atoms with E-state index in [0.29, 0.717) is 30.9 Å². The predicted molar refractivity (Wildman–Crippen MR) is 151 cm³/mol. The van der Waals surface area contributed by atoms with E-state index in [1.54, 1.807) is 24.3 Å². The summed E-state index contributed by atoms with van der Waals surface area (Å²) in [5.41, 5.74) is -2.47. The molecule has 43 heavy (non-hydrogen) atoms. The van der Waals surface area contributed by atoms with Crippen LogP contribution in [0.3, 0.4) is 0 Å². The molecule has 0 saturated carbocycles. The molecule has 2 heterocycles. The number of carbonyl (C=O) groups excluding carboxylic acids is 2. The van der Waals surface area contributed by atoms with Crippen molar-refractivity contribution in [3.8, 4) is 5.75 Å². The number of aromatic nitrogens is 1. The predicted octanol–water partition coefficient (Wildman–Crippen LogP) is 5.47. The molecule has 0 spiro atoms. The Balaban J connectivity index is 0.00000226. The third-order valence-corrected chi connectivity index (χ3v) is 6.99. The Morgan fingerprint density at radius 3 is 2.47 bits per heavy atom. The number of hydrogen-bond acceptors (Lipinski definition) is 5. The summed E-state index contributed by atoms with van der Waals surface area (Å²) in [6.45, 7) is 5.90. The molecule has 1 aromatic heterocycles. The third-order valence-electron chi connectivity index (χ3n) is 6.99. The minimum absolute atomic E-state index is 0. The summed E-state index contributed by atoms with van der Waals surface area (Å²) < 4.78 is 50.5. The van der Waals surface area contributed by atoms with Crippen molar-refractivity contribution in [2.24, 2.45) is 0 Å². The summed E-state index contributed by atoms with van der Waals surface area (Å²) in [5.74, 6) is -2.87. The molecular formula is C31H36F3N3O4PaRa. The summed E-state index contributed by atoms with van der Waals surface area (Å²) >= 11 is 0. The van der Waals surface area contributed by atoms with E-state index in [9.17, 15) is 23.2 Å². The number of ether oxygens (including phenoxy) is 1. The Labute approximate surface area is 311 Å². The first-order valence-electron chi connectivity index (χ1n) is 13.6. The second-order valence-electron chi connectivity index (χ2n) is 9.96. The van der Waals surface area contributed by atoms with E-state index in [1.807, 2.05) is 31.9 Å². The van der Waals surface area contributed by atoms with Gasteiger partial charge in [0.1, 0.15) is 35.2 Å². The largest absolute Gasteiger partial charge is 0.483 e. The fourth-order valence-electron chi connectivity index (χ4n) is 4.78. The topological polar surface area (TPSA) is 80.6 Å². The fraction of sp³-hybridized carbons (Fsp3) is 0.387. The molecule has 1 amide bonds. The van der Waals surface area contributed by atoms with Gasteiger partial charge in [-0.05, 0) is 45.0 Å². The van der Waals surface area contributed by atoms with Gasteiger partial charge in [0, 0.05) is 108 Å². The molecule has 0 bridgehead atoms. The molecular weight excluding hydrogens is 992 g/mol. The van der Waals surface area contributed by atoms with Gasteiger partial charge in [-0.25, -0.2) is 13.2 Å². The van der Waals surface area contributed by atoms with Crippen LogP contribution in [0.4, 0.5) is 13.2 Å². The zero-order chi connectivity index (χ0) is 30.2. The summed E-state index contributed by atoms with van der Waals surface area (Å²) in [6, 6.07) is 10.9. The van der Waals surface area contributed by atoms with Crippen molar-refractivity contribution < 1.29 is 105 Å². The molecule has 1 saturated heterocycles. The summed E-state index contributed by atoms with van der Waals surface area (Å²) in [5, 5.41) is 2.46. The molecule has 1 aliphatic rings. The van der Waals surface area contributed by atoms with Crippen molar-refractivity contribution in [3.05, 3.63) is 99.0 Å². The number of alkyl halides is 1. The number of aldehydes is 1. The Kier molecular flexibility index (Phi) is 17.1. The molecule has 225 valence electrons. The van der Waals surface area contributed by atoms with Crippen molar-refractivity contribution >= 4 is 12.2 Å². The third kappa shape index (κ3) is 10.3. The number of hydrogen-bond donors (Lipinski definition) is 1. The fourth-order valence-corrected chi connectivity index (χ4v) is 4.78. The van der Waals surface area contributed by atoms with Crippen LogP contribution in [0.25, 0.3) is 0 Å². The van der Waals surface area contributed by atoms with Crippen molar-refractivity contribution in [3.63, 3.8) is 0 Å². The zero-order valence-electron chi connectivity index (χ0n) is 25.0. The van der Waals surface area contributed by atoms with Gasteiger partial charge >= 0.3 is 0 Å². The van der Waals surface area contributed by atoms with E-state index in [4.69, 9.17) is 4.74 Å². The molecule has 3 aromatic rings. The molecule has 1 N–H and O–H groups in total. The van der Waals surface area contributed by atoms with Crippen LogP contribution in [-0.4, -0.2) is 47.5 Å². The summed E-state index contributed by atoms with van der Waals surface area (Å²) in [4.78, 5) is 40.9. The van der Waals surface area contributed by atoms with Gasteiger partial charge in [0.05, 0.1) is 6.04 Å².